The van der Waals surface area contributed by atoms with E-state index < -0.39 is 7.26 Å². The van der Waals surface area contributed by atoms with Crippen LogP contribution in [0.2, 0.25) is 0 Å². The minimum Gasteiger partial charge on any atom is -0.354 e. The molecule has 0 saturated carbocycles. The molecule has 1 heterocycles. The van der Waals surface area contributed by atoms with Crippen LogP contribution in [0.3, 0.4) is 0 Å². The fourth-order valence-corrected chi connectivity index (χ4v) is 9.50. The first kappa shape index (κ1) is 28.2. The second-order valence-corrected chi connectivity index (χ2v) is 13.4. The number of rotatable bonds is 13. The summed E-state index contributed by atoms with van der Waals surface area (Å²) in [7, 11) is 1.27. The maximum absolute atomic E-state index is 12.0. The van der Waals surface area contributed by atoms with E-state index in [9.17, 15) is 9.59 Å². The van der Waals surface area contributed by atoms with Gasteiger partial charge in [0.05, 0.1) is 18.9 Å². The number of piperazine rings is 1. The van der Waals surface area contributed by atoms with Gasteiger partial charge >= 0.3 is 0 Å². The van der Waals surface area contributed by atoms with Gasteiger partial charge in [-0.3, -0.25) is 14.6 Å². The number of likely N-dealkylation sites (N-methyl/N-ethyl adjacent to an activating group) is 1. The zero-order valence-corrected chi connectivity index (χ0v) is 23.2. The third-order valence-corrected chi connectivity index (χ3v) is 11.7. The summed E-state index contributed by atoms with van der Waals surface area (Å²) in [5.74, 6) is -0.0627. The van der Waals surface area contributed by atoms with Crippen molar-refractivity contribution in [2.75, 3.05) is 65.6 Å². The highest BCUT2D eigenvalue weighted by molar-refractivity contribution is 7.95. The van der Waals surface area contributed by atoms with Crippen molar-refractivity contribution < 1.29 is 9.59 Å². The van der Waals surface area contributed by atoms with Crippen LogP contribution in [0.4, 0.5) is 0 Å². The number of hydrogen-bond acceptors (Lipinski definition) is 5. The second-order valence-electron chi connectivity index (χ2n) is 9.77. The van der Waals surface area contributed by atoms with Gasteiger partial charge in [-0.15, -0.1) is 0 Å². The highest BCUT2D eigenvalue weighted by Gasteiger charge is 2.45. The van der Waals surface area contributed by atoms with Gasteiger partial charge in [-0.05, 0) is 43.4 Å². The van der Waals surface area contributed by atoms with Crippen LogP contribution in [0.25, 0.3) is 0 Å². The molecular weight excluding hydrogens is 490 g/mol. The zero-order chi connectivity index (χ0) is 26.6. The highest BCUT2D eigenvalue weighted by Crippen LogP contribution is 2.55. The largest absolute Gasteiger partial charge is 0.354 e. The second kappa shape index (κ2) is 14.4. The Hall–Kier alpha value is -2.83. The molecule has 0 aromatic heterocycles. The van der Waals surface area contributed by atoms with Crippen LogP contribution in [0.5, 0.6) is 0 Å². The summed E-state index contributed by atoms with van der Waals surface area (Å²) in [5.41, 5.74) is 0. The Bertz CT molecular complexity index is 1030. The molecule has 0 spiro atoms. The van der Waals surface area contributed by atoms with Gasteiger partial charge in [0.1, 0.15) is 23.2 Å². The monoisotopic (exact) mass is 528 g/mol. The van der Waals surface area contributed by atoms with E-state index in [1.807, 2.05) is 0 Å². The molecule has 1 aliphatic rings. The molecule has 6 nitrogen and oxygen atoms in total. The molecule has 1 N–H and O–H groups in total. The van der Waals surface area contributed by atoms with Crippen LogP contribution >= 0.6 is 7.26 Å². The Morgan fingerprint density at radius 3 is 1.71 bits per heavy atom. The molecule has 38 heavy (non-hydrogen) atoms. The van der Waals surface area contributed by atoms with E-state index in [-0.39, 0.29) is 12.5 Å². The minimum atomic E-state index is -1.81. The number of carbonyl (C=O) groups excluding carboxylic acids is 2. The Morgan fingerprint density at radius 2 is 1.26 bits per heavy atom. The van der Waals surface area contributed by atoms with E-state index in [1.165, 1.54) is 23.3 Å². The fraction of sp³-hybridized carbons (Fsp3) is 0.333. The number of carbonyl (C=O) groups is 2. The molecule has 4 rings (SSSR count). The number of nitrogens with one attached hydrogen (secondary N) is 1. The Balaban J connectivity index is 1.38. The molecule has 1 amide bonds. The van der Waals surface area contributed by atoms with Crippen molar-refractivity contribution in [1.29, 1.82) is 0 Å². The van der Waals surface area contributed by atoms with Gasteiger partial charge in [0.25, 0.3) is 7.41 Å². The van der Waals surface area contributed by atoms with E-state index in [0.717, 1.165) is 45.4 Å². The maximum Gasteiger partial charge on any atom is 0.293 e. The van der Waals surface area contributed by atoms with Crippen molar-refractivity contribution in [3.8, 4) is 0 Å². The van der Waals surface area contributed by atoms with Crippen molar-refractivity contribution in [3.63, 3.8) is 0 Å². The Kier molecular flexibility index (Phi) is 10.7. The molecule has 197 valence electrons. The van der Waals surface area contributed by atoms with Crippen molar-refractivity contribution in [3.05, 3.63) is 91.0 Å². The molecule has 3 aromatic rings. The molecule has 0 aliphatic carbocycles. The normalized spacial score (nSPS) is 14.8. The van der Waals surface area contributed by atoms with Crippen LogP contribution in [0.15, 0.2) is 91.0 Å². The van der Waals surface area contributed by atoms with E-state index >= 15 is 0 Å². The van der Waals surface area contributed by atoms with Crippen molar-refractivity contribution in [2.45, 2.75) is 0 Å². The summed E-state index contributed by atoms with van der Waals surface area (Å²) in [6, 6.07) is 33.2. The minimum absolute atomic E-state index is 0.0627. The highest BCUT2D eigenvalue weighted by atomic mass is 31.2. The number of hydrogen-bond donors (Lipinski definition) is 1. The van der Waals surface area contributed by atoms with E-state index in [4.69, 9.17) is 0 Å². The fourth-order valence-electron chi connectivity index (χ4n) is 5.20. The smallest absolute Gasteiger partial charge is 0.293 e. The lowest BCUT2D eigenvalue weighted by Gasteiger charge is -2.36. The number of benzene rings is 3. The molecule has 1 fully saturated rings. The van der Waals surface area contributed by atoms with Crippen LogP contribution in [0, 0.1) is 0 Å². The summed E-state index contributed by atoms with van der Waals surface area (Å²) in [6.45, 7) is 6.78. The van der Waals surface area contributed by atoms with Gasteiger partial charge in [0.2, 0.25) is 5.91 Å². The topological polar surface area (TPSA) is 55.9 Å². The van der Waals surface area contributed by atoms with Crippen LogP contribution in [-0.2, 0) is 9.59 Å². The van der Waals surface area contributed by atoms with E-state index in [0.29, 0.717) is 12.7 Å². The van der Waals surface area contributed by atoms with Crippen molar-refractivity contribution in [2.24, 2.45) is 0 Å². The standard InChI is InChI=1S/C30H37BN4O2P/c1-33(31-26-36)25-30(37)32-17-18-34-19-21-35(22-20-34)23-24-38(27-11-5-2-6-12-27,28-13-7-3-8-14-28)29-15-9-4-10-16-29/h2-16,26H,17-25H2,1H3/p+1. The average Bonchev–Trinajstić information content (AvgIpc) is 2.96. The molecule has 1 aliphatic heterocycles. The summed E-state index contributed by atoms with van der Waals surface area (Å²) >= 11 is 0. The van der Waals surface area contributed by atoms with Crippen LogP contribution < -0.4 is 21.2 Å². The van der Waals surface area contributed by atoms with Gasteiger partial charge in [-0.25, -0.2) is 0 Å². The first-order chi connectivity index (χ1) is 18.6. The van der Waals surface area contributed by atoms with Gasteiger partial charge in [0, 0.05) is 45.8 Å². The summed E-state index contributed by atoms with van der Waals surface area (Å²) in [6.07, 6.45) is 1.80. The van der Waals surface area contributed by atoms with E-state index in [1.54, 1.807) is 11.9 Å². The first-order valence-corrected chi connectivity index (χ1v) is 15.3. The van der Waals surface area contributed by atoms with Gasteiger partial charge in [-0.2, -0.15) is 0 Å². The molecule has 3 aromatic carbocycles. The maximum atomic E-state index is 12.0. The zero-order valence-electron chi connectivity index (χ0n) is 22.3. The summed E-state index contributed by atoms with van der Waals surface area (Å²) in [5, 5.41) is 7.26. The third kappa shape index (κ3) is 7.39. The molecular formula is C30H38BN4O2P+. The quantitative estimate of drug-likeness (QED) is 0.207. The average molecular weight is 528 g/mol. The lowest BCUT2D eigenvalue weighted by molar-refractivity contribution is -0.121. The lowest BCUT2D eigenvalue weighted by atomic mass is 9.96. The molecule has 8 heteroatoms. The summed E-state index contributed by atoms with van der Waals surface area (Å²) in [4.78, 5) is 29.2. The van der Waals surface area contributed by atoms with Gasteiger partial charge in [-0.1, -0.05) is 54.6 Å². The molecule has 0 atom stereocenters. The Morgan fingerprint density at radius 1 is 0.816 bits per heavy atom. The lowest BCUT2D eigenvalue weighted by Crippen LogP contribution is -2.50. The van der Waals surface area contributed by atoms with Crippen molar-refractivity contribution >= 4 is 42.7 Å². The summed E-state index contributed by atoms with van der Waals surface area (Å²) < 4.78 is 0. The van der Waals surface area contributed by atoms with Crippen LogP contribution in [-0.4, -0.2) is 99.7 Å². The van der Waals surface area contributed by atoms with E-state index in [2.05, 4.69) is 106 Å². The third-order valence-electron chi connectivity index (χ3n) is 7.27. The first-order valence-electron chi connectivity index (χ1n) is 13.4. The molecule has 1 saturated heterocycles. The van der Waals surface area contributed by atoms with Gasteiger partial charge in [0.15, 0.2) is 0 Å². The predicted molar refractivity (Wildman–Crippen MR) is 161 cm³/mol. The number of amides is 1. The van der Waals surface area contributed by atoms with Crippen LogP contribution in [0.1, 0.15) is 0 Å². The predicted octanol–water partition coefficient (Wildman–Crippen LogP) is 1.46. The van der Waals surface area contributed by atoms with Gasteiger partial charge < -0.3 is 14.9 Å². The number of nitrogens with zero attached hydrogens (tertiary/aromatic N) is 3. The molecule has 0 bridgehead atoms. The molecule has 0 unspecified atom stereocenters. The van der Waals surface area contributed by atoms with Crippen molar-refractivity contribution in [1.82, 2.24) is 19.9 Å². The SMILES string of the molecule is CN([B]C=O)CC(=O)NCCN1CCN(CC[P+](c2ccccc2)(c2ccccc2)c2ccccc2)CC1. The Labute approximate surface area is 228 Å². The molecule has 1 radical (unpaired) electrons.